The molecular formula is C17H23N3O3S2. The first-order chi connectivity index (χ1) is 12.2. The van der Waals surface area contributed by atoms with Gasteiger partial charge in [0.05, 0.1) is 11.1 Å². The molecule has 0 saturated carbocycles. The lowest BCUT2D eigenvalue weighted by Gasteiger charge is -2.09. The van der Waals surface area contributed by atoms with Gasteiger partial charge >= 0.3 is 0 Å². The maximum Gasteiger partial charge on any atom is 0.260 e. The lowest BCUT2D eigenvalue weighted by Crippen LogP contribution is -2.27. The summed E-state index contributed by atoms with van der Waals surface area (Å²) in [6, 6.07) is 0. The topological polar surface area (TPSA) is 84.1 Å². The molecule has 2 heterocycles. The van der Waals surface area contributed by atoms with Crippen LogP contribution < -0.4 is 10.9 Å². The van der Waals surface area contributed by atoms with Gasteiger partial charge < -0.3 is 15.0 Å². The molecule has 0 unspecified atom stereocenters. The fraction of sp³-hybridized carbons (Fsp3) is 0.588. The third-order valence-electron chi connectivity index (χ3n) is 4.14. The Bertz CT molecular complexity index is 800. The number of rotatable bonds is 8. The van der Waals surface area contributed by atoms with Crippen molar-refractivity contribution in [2.45, 2.75) is 44.2 Å². The molecule has 6 nitrogen and oxygen atoms in total. The summed E-state index contributed by atoms with van der Waals surface area (Å²) in [5.41, 5.74) is 1.10. The molecule has 1 amide bonds. The van der Waals surface area contributed by atoms with Gasteiger partial charge in [0.25, 0.3) is 5.56 Å². The molecule has 0 radical (unpaired) electrons. The molecule has 2 aromatic heterocycles. The summed E-state index contributed by atoms with van der Waals surface area (Å²) >= 11 is 2.89. The molecule has 0 aliphatic heterocycles. The number of nitrogens with one attached hydrogen (secondary N) is 2. The second-order valence-corrected chi connectivity index (χ2v) is 8.00. The zero-order chi connectivity index (χ0) is 17.6. The number of aromatic nitrogens is 2. The zero-order valence-corrected chi connectivity index (χ0v) is 16.0. The number of hydrogen-bond donors (Lipinski definition) is 2. The lowest BCUT2D eigenvalue weighted by molar-refractivity contribution is -0.118. The van der Waals surface area contributed by atoms with Crippen LogP contribution in [0, 0.1) is 0 Å². The third-order valence-corrected chi connectivity index (χ3v) is 6.19. The predicted octanol–water partition coefficient (Wildman–Crippen LogP) is 2.50. The molecule has 2 aromatic rings. The minimum atomic E-state index is -0.0796. The molecule has 1 aliphatic rings. The van der Waals surface area contributed by atoms with E-state index in [9.17, 15) is 9.59 Å². The second kappa shape index (κ2) is 8.82. The Morgan fingerprint density at radius 1 is 1.40 bits per heavy atom. The summed E-state index contributed by atoms with van der Waals surface area (Å²) in [5.74, 6) is 0.184. The van der Waals surface area contributed by atoms with Crippen molar-refractivity contribution in [1.29, 1.82) is 0 Å². The van der Waals surface area contributed by atoms with E-state index in [1.165, 1.54) is 28.6 Å². The van der Waals surface area contributed by atoms with Crippen molar-refractivity contribution in [1.82, 2.24) is 15.3 Å². The number of H-pyrrole nitrogens is 1. The lowest BCUT2D eigenvalue weighted by atomic mass is 9.97. The molecule has 2 N–H and O–H groups in total. The molecule has 0 aromatic carbocycles. The van der Waals surface area contributed by atoms with Crippen LogP contribution in [-0.2, 0) is 22.4 Å². The van der Waals surface area contributed by atoms with Crippen molar-refractivity contribution in [3.05, 3.63) is 20.8 Å². The average molecular weight is 382 g/mol. The van der Waals surface area contributed by atoms with E-state index in [0.29, 0.717) is 24.9 Å². The maximum atomic E-state index is 12.4. The molecule has 1 aliphatic carbocycles. The van der Waals surface area contributed by atoms with E-state index in [1.807, 2.05) is 6.92 Å². The smallest absolute Gasteiger partial charge is 0.260 e. The quantitative estimate of drug-likeness (QED) is 0.417. The van der Waals surface area contributed by atoms with Crippen LogP contribution >= 0.6 is 23.1 Å². The average Bonchev–Trinajstić information content (AvgIpc) is 2.98. The molecule has 8 heteroatoms. The van der Waals surface area contributed by atoms with Gasteiger partial charge in [-0.1, -0.05) is 11.8 Å². The van der Waals surface area contributed by atoms with Crippen LogP contribution in [0.25, 0.3) is 10.2 Å². The fourth-order valence-electron chi connectivity index (χ4n) is 2.94. The standard InChI is InChI=1S/C17H23N3O3S2/c1-2-23-9-5-8-18-13(21)10-24-17-19-15(22)14-11-6-3-4-7-12(11)25-16(14)20-17/h2-10H2,1H3,(H,18,21)(H,19,20,22). The first-order valence-electron chi connectivity index (χ1n) is 8.71. The number of fused-ring (bicyclic) bond motifs is 3. The van der Waals surface area contributed by atoms with E-state index in [0.717, 1.165) is 35.9 Å². The van der Waals surface area contributed by atoms with Gasteiger partial charge in [-0.15, -0.1) is 11.3 Å². The largest absolute Gasteiger partial charge is 0.382 e. The highest BCUT2D eigenvalue weighted by Gasteiger charge is 2.20. The Balaban J connectivity index is 1.59. The highest BCUT2D eigenvalue weighted by Crippen LogP contribution is 2.34. The maximum absolute atomic E-state index is 12.4. The van der Waals surface area contributed by atoms with E-state index in [4.69, 9.17) is 4.74 Å². The van der Waals surface area contributed by atoms with Gasteiger partial charge in [0, 0.05) is 24.6 Å². The first-order valence-corrected chi connectivity index (χ1v) is 10.5. The van der Waals surface area contributed by atoms with E-state index in [-0.39, 0.29) is 17.2 Å². The highest BCUT2D eigenvalue weighted by atomic mass is 32.2. The van der Waals surface area contributed by atoms with Gasteiger partial charge in [-0.05, 0) is 44.6 Å². The van der Waals surface area contributed by atoms with Crippen LogP contribution in [0.3, 0.4) is 0 Å². The van der Waals surface area contributed by atoms with Gasteiger partial charge in [-0.2, -0.15) is 0 Å². The number of carbonyl (C=O) groups is 1. The minimum absolute atomic E-state index is 0.0604. The summed E-state index contributed by atoms with van der Waals surface area (Å²) in [6.45, 7) is 3.89. The summed E-state index contributed by atoms with van der Waals surface area (Å²) in [7, 11) is 0. The van der Waals surface area contributed by atoms with Crippen molar-refractivity contribution in [3.63, 3.8) is 0 Å². The molecule has 136 valence electrons. The van der Waals surface area contributed by atoms with E-state index >= 15 is 0 Å². The number of ether oxygens (including phenoxy) is 1. The Morgan fingerprint density at radius 2 is 2.24 bits per heavy atom. The number of thiophene rings is 1. The summed E-state index contributed by atoms with van der Waals surface area (Å²) in [6.07, 6.45) is 5.13. The molecule has 3 rings (SSSR count). The van der Waals surface area contributed by atoms with Crippen LogP contribution in [0.2, 0.25) is 0 Å². The van der Waals surface area contributed by atoms with E-state index in [2.05, 4.69) is 15.3 Å². The molecule has 0 atom stereocenters. The van der Waals surface area contributed by atoms with Gasteiger partial charge in [-0.25, -0.2) is 4.98 Å². The Hall–Kier alpha value is -1.38. The third kappa shape index (κ3) is 4.62. The number of hydrogen-bond acceptors (Lipinski definition) is 6. The Morgan fingerprint density at radius 3 is 3.08 bits per heavy atom. The van der Waals surface area contributed by atoms with Crippen molar-refractivity contribution in [2.24, 2.45) is 0 Å². The van der Waals surface area contributed by atoms with Crippen LogP contribution in [0.15, 0.2) is 9.95 Å². The molecule has 25 heavy (non-hydrogen) atoms. The number of carbonyl (C=O) groups excluding carboxylic acids is 1. The van der Waals surface area contributed by atoms with Crippen molar-refractivity contribution in [3.8, 4) is 0 Å². The summed E-state index contributed by atoms with van der Waals surface area (Å²) < 4.78 is 5.23. The summed E-state index contributed by atoms with van der Waals surface area (Å²) in [4.78, 5) is 33.8. The molecule has 0 bridgehead atoms. The fourth-order valence-corrected chi connectivity index (χ4v) is 4.95. The van der Waals surface area contributed by atoms with Crippen LogP contribution in [0.1, 0.15) is 36.6 Å². The minimum Gasteiger partial charge on any atom is -0.382 e. The number of amides is 1. The zero-order valence-electron chi connectivity index (χ0n) is 14.4. The van der Waals surface area contributed by atoms with Crippen molar-refractivity contribution >= 4 is 39.2 Å². The number of aryl methyl sites for hydroxylation is 2. The van der Waals surface area contributed by atoms with E-state index < -0.39 is 0 Å². The highest BCUT2D eigenvalue weighted by molar-refractivity contribution is 7.99. The second-order valence-electron chi connectivity index (χ2n) is 5.95. The van der Waals surface area contributed by atoms with Gasteiger partial charge in [0.15, 0.2) is 5.16 Å². The summed E-state index contributed by atoms with van der Waals surface area (Å²) in [5, 5.41) is 4.11. The molecule has 0 saturated heterocycles. The van der Waals surface area contributed by atoms with Crippen molar-refractivity contribution < 1.29 is 9.53 Å². The van der Waals surface area contributed by atoms with Gasteiger partial charge in [0.1, 0.15) is 4.83 Å². The van der Waals surface area contributed by atoms with Gasteiger partial charge in [-0.3, -0.25) is 9.59 Å². The van der Waals surface area contributed by atoms with Crippen LogP contribution in [0.4, 0.5) is 0 Å². The first kappa shape index (κ1) is 18.4. The van der Waals surface area contributed by atoms with Crippen LogP contribution in [0.5, 0.6) is 0 Å². The number of nitrogens with zero attached hydrogens (tertiary/aromatic N) is 1. The molecule has 0 spiro atoms. The van der Waals surface area contributed by atoms with E-state index in [1.54, 1.807) is 11.3 Å². The Kier molecular flexibility index (Phi) is 6.50. The number of aromatic amines is 1. The van der Waals surface area contributed by atoms with Crippen LogP contribution in [-0.4, -0.2) is 41.4 Å². The van der Waals surface area contributed by atoms with Crippen molar-refractivity contribution in [2.75, 3.05) is 25.5 Å². The monoisotopic (exact) mass is 381 g/mol. The molecule has 0 fully saturated rings. The predicted molar refractivity (Wildman–Crippen MR) is 102 cm³/mol. The Labute approximate surface area is 154 Å². The number of thioether (sulfide) groups is 1. The normalized spacial score (nSPS) is 13.8. The molecular weight excluding hydrogens is 358 g/mol. The SMILES string of the molecule is CCOCCCNC(=O)CSc1nc2sc3c(c2c(=O)[nH]1)CCCC3. The van der Waals surface area contributed by atoms with Gasteiger partial charge in [0.2, 0.25) is 5.91 Å².